The Balaban J connectivity index is 0.000000122. The van der Waals surface area contributed by atoms with Gasteiger partial charge >= 0.3 is 0 Å². The Morgan fingerprint density at radius 3 is 0.816 bits per heavy atom. The summed E-state index contributed by atoms with van der Waals surface area (Å²) < 4.78 is 0. The van der Waals surface area contributed by atoms with E-state index in [0.29, 0.717) is 0 Å². The largest absolute Gasteiger partial charge is 0.0622 e. The third kappa shape index (κ3) is 21.3. The van der Waals surface area contributed by atoms with Crippen molar-refractivity contribution in [2.24, 2.45) is 0 Å². The van der Waals surface area contributed by atoms with Crippen molar-refractivity contribution in [1.29, 1.82) is 0 Å². The van der Waals surface area contributed by atoms with Gasteiger partial charge in [-0.1, -0.05) is 440 Å². The van der Waals surface area contributed by atoms with E-state index in [-0.39, 0.29) is 0 Å². The van der Waals surface area contributed by atoms with Crippen molar-refractivity contribution in [3.63, 3.8) is 0 Å². The van der Waals surface area contributed by atoms with E-state index in [1.807, 2.05) is 30.3 Å². The second kappa shape index (κ2) is 37.1. The highest BCUT2D eigenvalue weighted by molar-refractivity contribution is 5.98. The Morgan fingerprint density at radius 2 is 0.379 bits per heavy atom. The summed E-state index contributed by atoms with van der Waals surface area (Å²) in [5, 5.41) is 7.82. The molecule has 502 valence electrons. The molecule has 0 bridgehead atoms. The van der Waals surface area contributed by atoms with Gasteiger partial charge in [0, 0.05) is 0 Å². The summed E-state index contributed by atoms with van der Waals surface area (Å²) in [6.07, 6.45) is 0. The fourth-order valence-electron chi connectivity index (χ4n) is 12.4. The number of benzene rings is 17. The van der Waals surface area contributed by atoms with Crippen molar-refractivity contribution >= 4 is 32.3 Å². The van der Waals surface area contributed by atoms with E-state index in [0.717, 1.165) is 0 Å². The molecule has 0 spiro atoms. The van der Waals surface area contributed by atoms with Gasteiger partial charge in [-0.05, 0) is 176 Å². The van der Waals surface area contributed by atoms with Crippen molar-refractivity contribution < 1.29 is 0 Å². The summed E-state index contributed by atoms with van der Waals surface area (Å²) >= 11 is 0. The molecule has 0 aromatic heterocycles. The zero-order valence-electron chi connectivity index (χ0n) is 60.3. The van der Waals surface area contributed by atoms with Gasteiger partial charge in [-0.2, -0.15) is 0 Å². The standard InChI is InChI=1S/C19H16.3C17H14.2C13H12.C7H8/c1-15-12-18(16-8-4-2-5-9-16)14-19(13-15)17-10-6-3-7-11-17;1-13-6-4-9-15(12-13)17-11-5-8-14-7-2-3-10-16(14)17;1-13-9-11-15(12-10-13)17-8-4-6-14-5-2-3-7-16(14)17;1-13-6-8-15(9-7-13)17-11-10-14-4-2-3-5-16(14)12-17;1-11-6-5-9-13(10-11)12-7-3-2-4-8-12;1-11-7-9-13(10-8-11)12-5-3-2-4-6-12;1-7-5-3-2-4-6-7/h2-14H,1H3;3*2-12H,1H3;2*2-10H,1H3;2-6H,1H3. The van der Waals surface area contributed by atoms with Gasteiger partial charge in [0.2, 0.25) is 0 Å². The van der Waals surface area contributed by atoms with Crippen LogP contribution in [-0.2, 0) is 0 Å². The highest BCUT2D eigenvalue weighted by Crippen LogP contribution is 2.32. The van der Waals surface area contributed by atoms with Crippen molar-refractivity contribution in [3.8, 4) is 77.9 Å². The molecule has 0 aliphatic carbocycles. The second-order valence-electron chi connectivity index (χ2n) is 26.2. The summed E-state index contributed by atoms with van der Waals surface area (Å²) in [4.78, 5) is 0. The Hall–Kier alpha value is -12.5. The molecular formula is C103H90. The van der Waals surface area contributed by atoms with E-state index in [4.69, 9.17) is 0 Å². The maximum absolute atomic E-state index is 2.26. The van der Waals surface area contributed by atoms with E-state index in [1.165, 1.54) is 149 Å². The minimum Gasteiger partial charge on any atom is -0.0622 e. The summed E-state index contributed by atoms with van der Waals surface area (Å²) in [5.41, 5.74) is 27.1. The third-order valence-electron chi connectivity index (χ3n) is 17.9. The molecule has 0 fully saturated rings. The molecule has 0 unspecified atom stereocenters. The number of fused-ring (bicyclic) bond motifs is 3. The van der Waals surface area contributed by atoms with Gasteiger partial charge in [0.05, 0.1) is 0 Å². The lowest BCUT2D eigenvalue weighted by Gasteiger charge is -2.08. The zero-order valence-corrected chi connectivity index (χ0v) is 60.3. The van der Waals surface area contributed by atoms with Crippen LogP contribution in [0.3, 0.4) is 0 Å². The molecule has 0 nitrogen and oxygen atoms in total. The topological polar surface area (TPSA) is 0 Å². The van der Waals surface area contributed by atoms with Crippen LogP contribution in [0.1, 0.15) is 38.9 Å². The van der Waals surface area contributed by atoms with Crippen LogP contribution in [-0.4, -0.2) is 0 Å². The molecule has 0 saturated carbocycles. The van der Waals surface area contributed by atoms with Crippen molar-refractivity contribution in [2.45, 2.75) is 48.5 Å². The van der Waals surface area contributed by atoms with Gasteiger partial charge < -0.3 is 0 Å². The third-order valence-corrected chi connectivity index (χ3v) is 17.9. The molecule has 17 aromatic rings. The highest BCUT2D eigenvalue weighted by atomic mass is 14.1. The molecule has 0 N–H and O–H groups in total. The van der Waals surface area contributed by atoms with Crippen molar-refractivity contribution in [2.75, 3.05) is 0 Å². The van der Waals surface area contributed by atoms with E-state index in [9.17, 15) is 0 Å². The first-order chi connectivity index (χ1) is 50.5. The molecule has 0 saturated heterocycles. The molecule has 0 heteroatoms. The average molecular weight is 1330 g/mol. The van der Waals surface area contributed by atoms with Gasteiger partial charge in [-0.3, -0.25) is 0 Å². The normalized spacial score (nSPS) is 10.3. The minimum atomic E-state index is 1.27. The lowest BCUT2D eigenvalue weighted by atomic mass is 9.97. The minimum absolute atomic E-state index is 1.27. The number of aryl methyl sites for hydroxylation is 7. The van der Waals surface area contributed by atoms with Crippen LogP contribution in [0, 0.1) is 48.5 Å². The van der Waals surface area contributed by atoms with Crippen LogP contribution < -0.4 is 0 Å². The Labute approximate surface area is 612 Å². The summed E-state index contributed by atoms with van der Waals surface area (Å²) in [7, 11) is 0. The van der Waals surface area contributed by atoms with Crippen LogP contribution >= 0.6 is 0 Å². The van der Waals surface area contributed by atoms with Gasteiger partial charge in [0.1, 0.15) is 0 Å². The molecule has 17 rings (SSSR count). The van der Waals surface area contributed by atoms with Crippen LogP contribution in [0.15, 0.2) is 419 Å². The Morgan fingerprint density at radius 1 is 0.117 bits per heavy atom. The average Bonchev–Trinajstić information content (AvgIpc) is 0.817. The van der Waals surface area contributed by atoms with Crippen molar-refractivity contribution in [3.05, 3.63) is 458 Å². The van der Waals surface area contributed by atoms with Crippen LogP contribution in [0.4, 0.5) is 0 Å². The fourth-order valence-corrected chi connectivity index (χ4v) is 12.4. The van der Waals surface area contributed by atoms with Gasteiger partial charge in [0.15, 0.2) is 0 Å². The SMILES string of the molecule is Cc1cc(-c2ccccc2)cc(-c2ccccc2)c1.Cc1ccc(-c2ccc3ccccc3c2)cc1.Cc1ccc(-c2cccc3ccccc23)cc1.Cc1ccc(-c2ccccc2)cc1.Cc1cccc(-c2cccc3ccccc23)c1.Cc1cccc(-c2ccccc2)c1.Cc1ccccc1. The predicted molar refractivity (Wildman–Crippen MR) is 449 cm³/mol. The molecule has 0 radical (unpaired) electrons. The zero-order chi connectivity index (χ0) is 71.4. The number of rotatable bonds is 7. The Bertz CT molecular complexity index is 5310. The monoisotopic (exact) mass is 1330 g/mol. The lowest BCUT2D eigenvalue weighted by molar-refractivity contribution is 1.46. The van der Waals surface area contributed by atoms with E-state index >= 15 is 0 Å². The smallest absolute Gasteiger partial charge is 0.0105 e. The summed E-state index contributed by atoms with van der Waals surface area (Å²) in [5.74, 6) is 0. The highest BCUT2D eigenvalue weighted by Gasteiger charge is 2.07. The van der Waals surface area contributed by atoms with E-state index < -0.39 is 0 Å². The van der Waals surface area contributed by atoms with Gasteiger partial charge in [-0.25, -0.2) is 0 Å². The number of hydrogen-bond acceptors (Lipinski definition) is 0. The fraction of sp³-hybridized carbons (Fsp3) is 0.0680. The van der Waals surface area contributed by atoms with Crippen molar-refractivity contribution in [1.82, 2.24) is 0 Å². The quantitative estimate of drug-likeness (QED) is 0.149. The predicted octanol–water partition coefficient (Wildman–Crippen LogP) is 29.1. The van der Waals surface area contributed by atoms with Crippen LogP contribution in [0.25, 0.3) is 110 Å². The van der Waals surface area contributed by atoms with E-state index in [1.54, 1.807) is 0 Å². The molecule has 0 heterocycles. The van der Waals surface area contributed by atoms with Crippen LogP contribution in [0.5, 0.6) is 0 Å². The molecule has 17 aromatic carbocycles. The van der Waals surface area contributed by atoms with Crippen LogP contribution in [0.2, 0.25) is 0 Å². The summed E-state index contributed by atoms with van der Waals surface area (Å²) in [6.45, 7) is 14.8. The lowest BCUT2D eigenvalue weighted by Crippen LogP contribution is -1.84. The first kappa shape index (κ1) is 71.8. The first-order valence-electron chi connectivity index (χ1n) is 35.6. The number of hydrogen-bond donors (Lipinski definition) is 0. The van der Waals surface area contributed by atoms with Gasteiger partial charge in [-0.15, -0.1) is 0 Å². The van der Waals surface area contributed by atoms with Gasteiger partial charge in [0.25, 0.3) is 0 Å². The maximum Gasteiger partial charge on any atom is -0.0105 e. The Kier molecular flexibility index (Phi) is 25.9. The molecule has 0 atom stereocenters. The molecule has 103 heavy (non-hydrogen) atoms. The first-order valence-corrected chi connectivity index (χ1v) is 35.6. The molecule has 0 amide bonds. The second-order valence-corrected chi connectivity index (χ2v) is 26.2. The maximum atomic E-state index is 2.26. The van der Waals surface area contributed by atoms with E-state index in [2.05, 4.69) is 437 Å². The molecule has 0 aliphatic heterocycles. The molecular weight excluding hydrogens is 1240 g/mol. The molecule has 0 aliphatic rings. The summed E-state index contributed by atoms with van der Waals surface area (Å²) in [6, 6.07) is 147.